The number of carbonyl (C=O) groups is 2. The molecule has 2 amide bonds. The van der Waals surface area contributed by atoms with E-state index in [0.29, 0.717) is 6.04 Å². The third kappa shape index (κ3) is 6.03. The highest BCUT2D eigenvalue weighted by atomic mass is 16.2. The Morgan fingerprint density at radius 1 is 1.07 bits per heavy atom. The summed E-state index contributed by atoms with van der Waals surface area (Å²) < 4.78 is 0. The molecule has 6 nitrogen and oxygen atoms in total. The maximum atomic E-state index is 12.8. The van der Waals surface area contributed by atoms with E-state index in [0.717, 1.165) is 58.4 Å². The number of rotatable bonds is 6. The number of nitrogens with zero attached hydrogens (tertiary/aromatic N) is 3. The first-order valence-corrected chi connectivity index (χ1v) is 11.0. The van der Waals surface area contributed by atoms with Gasteiger partial charge >= 0.3 is 0 Å². The highest BCUT2D eigenvalue weighted by molar-refractivity contribution is 5.81. The third-order valence-corrected chi connectivity index (χ3v) is 6.65. The topological polar surface area (TPSA) is 55.9 Å². The second kappa shape index (κ2) is 10.2. The molecule has 0 aliphatic carbocycles. The zero-order valence-electron chi connectivity index (χ0n) is 18.1. The zero-order chi connectivity index (χ0) is 20.8. The van der Waals surface area contributed by atoms with E-state index in [-0.39, 0.29) is 23.9 Å². The first-order chi connectivity index (χ1) is 13.9. The molecular weight excluding hydrogens is 364 g/mol. The molecule has 0 bridgehead atoms. The van der Waals surface area contributed by atoms with Gasteiger partial charge in [-0.3, -0.25) is 19.4 Å². The molecule has 1 N–H and O–H groups in total. The lowest BCUT2D eigenvalue weighted by molar-refractivity contribution is -0.132. The fourth-order valence-corrected chi connectivity index (χ4v) is 4.48. The van der Waals surface area contributed by atoms with Crippen LogP contribution in [0.15, 0.2) is 30.3 Å². The summed E-state index contributed by atoms with van der Waals surface area (Å²) in [6.45, 7) is 8.40. The largest absolute Gasteiger partial charge is 0.352 e. The fourth-order valence-electron chi connectivity index (χ4n) is 4.48. The van der Waals surface area contributed by atoms with E-state index >= 15 is 0 Å². The number of carbonyl (C=O) groups excluding carboxylic acids is 2. The van der Waals surface area contributed by atoms with Gasteiger partial charge in [0.2, 0.25) is 11.8 Å². The third-order valence-electron chi connectivity index (χ3n) is 6.65. The number of hydrogen-bond acceptors (Lipinski definition) is 4. The van der Waals surface area contributed by atoms with Crippen LogP contribution in [0.2, 0.25) is 0 Å². The van der Waals surface area contributed by atoms with E-state index in [4.69, 9.17) is 0 Å². The average Bonchev–Trinajstić information content (AvgIpc) is 2.75. The van der Waals surface area contributed by atoms with Crippen LogP contribution in [0.3, 0.4) is 0 Å². The SMILES string of the molecule is CC(=O)N(C)C1CCN(C(C)C(=O)NC2CCN(Cc3ccccc3)CC2)CC1. The fraction of sp³-hybridized carbons (Fsp3) is 0.652. The molecule has 2 heterocycles. The maximum Gasteiger partial charge on any atom is 0.237 e. The van der Waals surface area contributed by atoms with Gasteiger partial charge in [-0.1, -0.05) is 30.3 Å². The van der Waals surface area contributed by atoms with Gasteiger partial charge in [0, 0.05) is 58.8 Å². The summed E-state index contributed by atoms with van der Waals surface area (Å²) in [5.41, 5.74) is 1.35. The number of benzene rings is 1. The normalized spacial score (nSPS) is 20.9. The summed E-state index contributed by atoms with van der Waals surface area (Å²) in [6, 6.07) is 11.0. The minimum absolute atomic E-state index is 0.110. The Bertz CT molecular complexity index is 665. The molecule has 1 unspecified atom stereocenters. The van der Waals surface area contributed by atoms with Crippen LogP contribution >= 0.6 is 0 Å². The lowest BCUT2D eigenvalue weighted by Crippen LogP contribution is -2.54. The van der Waals surface area contributed by atoms with Crippen LogP contribution in [-0.2, 0) is 16.1 Å². The van der Waals surface area contributed by atoms with Crippen molar-refractivity contribution in [2.45, 2.75) is 64.2 Å². The Morgan fingerprint density at radius 2 is 1.69 bits per heavy atom. The average molecular weight is 401 g/mol. The van der Waals surface area contributed by atoms with Gasteiger partial charge in [0.1, 0.15) is 0 Å². The van der Waals surface area contributed by atoms with E-state index in [2.05, 4.69) is 45.4 Å². The lowest BCUT2D eigenvalue weighted by Gasteiger charge is -2.39. The van der Waals surface area contributed by atoms with Crippen molar-refractivity contribution in [1.82, 2.24) is 20.0 Å². The second-order valence-corrected chi connectivity index (χ2v) is 8.62. The molecule has 2 saturated heterocycles. The highest BCUT2D eigenvalue weighted by Gasteiger charge is 2.30. The molecule has 6 heteroatoms. The van der Waals surface area contributed by atoms with Crippen molar-refractivity contribution in [3.05, 3.63) is 35.9 Å². The molecular formula is C23H36N4O2. The Labute approximate surface area is 175 Å². The van der Waals surface area contributed by atoms with E-state index in [1.165, 1.54) is 5.56 Å². The van der Waals surface area contributed by atoms with E-state index < -0.39 is 0 Å². The van der Waals surface area contributed by atoms with Gasteiger partial charge < -0.3 is 10.2 Å². The molecule has 2 fully saturated rings. The first kappa shape index (κ1) is 21.8. The molecule has 160 valence electrons. The number of amides is 2. The van der Waals surface area contributed by atoms with E-state index in [1.54, 1.807) is 6.92 Å². The highest BCUT2D eigenvalue weighted by Crippen LogP contribution is 2.19. The molecule has 1 atom stereocenters. The zero-order valence-corrected chi connectivity index (χ0v) is 18.1. The molecule has 3 rings (SSSR count). The summed E-state index contributed by atoms with van der Waals surface area (Å²) >= 11 is 0. The summed E-state index contributed by atoms with van der Waals surface area (Å²) in [5.74, 6) is 0.262. The van der Waals surface area contributed by atoms with Crippen LogP contribution < -0.4 is 5.32 Å². The summed E-state index contributed by atoms with van der Waals surface area (Å²) in [7, 11) is 1.88. The van der Waals surface area contributed by atoms with Gasteiger partial charge in [0.15, 0.2) is 0 Å². The van der Waals surface area contributed by atoms with Gasteiger partial charge in [-0.2, -0.15) is 0 Å². The van der Waals surface area contributed by atoms with Gasteiger partial charge in [-0.25, -0.2) is 0 Å². The Hall–Kier alpha value is -1.92. The quantitative estimate of drug-likeness (QED) is 0.795. The summed E-state index contributed by atoms with van der Waals surface area (Å²) in [5, 5.41) is 3.28. The molecule has 29 heavy (non-hydrogen) atoms. The van der Waals surface area contributed by atoms with Crippen molar-refractivity contribution in [2.75, 3.05) is 33.2 Å². The van der Waals surface area contributed by atoms with Crippen molar-refractivity contribution >= 4 is 11.8 Å². The van der Waals surface area contributed by atoms with Crippen molar-refractivity contribution in [1.29, 1.82) is 0 Å². The van der Waals surface area contributed by atoms with Crippen LogP contribution in [0.5, 0.6) is 0 Å². The van der Waals surface area contributed by atoms with Gasteiger partial charge in [0.25, 0.3) is 0 Å². The van der Waals surface area contributed by atoms with Crippen molar-refractivity contribution in [3.8, 4) is 0 Å². The van der Waals surface area contributed by atoms with Crippen molar-refractivity contribution < 1.29 is 9.59 Å². The molecule has 1 aromatic rings. The van der Waals surface area contributed by atoms with Crippen LogP contribution in [0, 0.1) is 0 Å². The van der Waals surface area contributed by atoms with Crippen LogP contribution in [0.4, 0.5) is 0 Å². The molecule has 2 aliphatic heterocycles. The number of hydrogen-bond donors (Lipinski definition) is 1. The minimum Gasteiger partial charge on any atom is -0.352 e. The minimum atomic E-state index is -0.110. The molecule has 1 aromatic carbocycles. The standard InChI is InChI=1S/C23H36N4O2/c1-18(27-15-11-22(12-16-27)25(3)19(2)28)23(29)24-21-9-13-26(14-10-21)17-20-7-5-4-6-8-20/h4-8,18,21-22H,9-17H2,1-3H3,(H,24,29). The lowest BCUT2D eigenvalue weighted by atomic mass is 10.0. The summed E-state index contributed by atoms with van der Waals surface area (Å²) in [6.07, 6.45) is 3.89. The Morgan fingerprint density at radius 3 is 2.28 bits per heavy atom. The van der Waals surface area contributed by atoms with Crippen LogP contribution in [0.1, 0.15) is 45.1 Å². The predicted octanol–water partition coefficient (Wildman–Crippen LogP) is 2.10. The molecule has 0 aromatic heterocycles. The molecule has 2 aliphatic rings. The smallest absolute Gasteiger partial charge is 0.237 e. The second-order valence-electron chi connectivity index (χ2n) is 8.62. The molecule has 0 radical (unpaired) electrons. The van der Waals surface area contributed by atoms with Crippen LogP contribution in [-0.4, -0.2) is 77.9 Å². The molecule has 0 saturated carbocycles. The van der Waals surface area contributed by atoms with Crippen LogP contribution in [0.25, 0.3) is 0 Å². The van der Waals surface area contributed by atoms with Gasteiger partial charge in [-0.15, -0.1) is 0 Å². The van der Waals surface area contributed by atoms with Gasteiger partial charge in [-0.05, 0) is 38.2 Å². The summed E-state index contributed by atoms with van der Waals surface area (Å²) in [4.78, 5) is 30.9. The van der Waals surface area contributed by atoms with Crippen molar-refractivity contribution in [2.24, 2.45) is 0 Å². The predicted molar refractivity (Wildman–Crippen MR) is 115 cm³/mol. The molecule has 0 spiro atoms. The number of likely N-dealkylation sites (tertiary alicyclic amines) is 2. The van der Waals surface area contributed by atoms with E-state index in [9.17, 15) is 9.59 Å². The monoisotopic (exact) mass is 400 g/mol. The Kier molecular flexibility index (Phi) is 7.67. The first-order valence-electron chi connectivity index (χ1n) is 11.0. The van der Waals surface area contributed by atoms with E-state index in [1.807, 2.05) is 18.9 Å². The number of nitrogens with one attached hydrogen (secondary N) is 1. The maximum absolute atomic E-state index is 12.8. The number of piperidine rings is 2. The van der Waals surface area contributed by atoms with Crippen molar-refractivity contribution in [3.63, 3.8) is 0 Å². The Balaban J connectivity index is 1.39. The van der Waals surface area contributed by atoms with Gasteiger partial charge in [0.05, 0.1) is 6.04 Å².